The second-order valence-corrected chi connectivity index (χ2v) is 8.33. The molecule has 1 fully saturated rings. The van der Waals surface area contributed by atoms with E-state index >= 15 is 0 Å². The van der Waals surface area contributed by atoms with Crippen LogP contribution in [0.3, 0.4) is 0 Å². The van der Waals surface area contributed by atoms with Crippen molar-refractivity contribution in [2.24, 2.45) is 0 Å². The van der Waals surface area contributed by atoms with Crippen molar-refractivity contribution in [2.45, 2.75) is 11.9 Å². The number of ether oxygens (including phenoxy) is 1. The van der Waals surface area contributed by atoms with Crippen molar-refractivity contribution in [3.8, 4) is 11.8 Å². The minimum atomic E-state index is -3.11. The number of hydrogen-bond acceptors (Lipinski definition) is 6. The molecule has 1 aromatic rings. The number of benzene rings is 1. The second-order valence-electron chi connectivity index (χ2n) is 4.98. The van der Waals surface area contributed by atoms with Gasteiger partial charge in [-0.3, -0.25) is 4.90 Å². The molecule has 0 aliphatic carbocycles. The summed E-state index contributed by atoms with van der Waals surface area (Å²) < 4.78 is 28.9. The summed E-state index contributed by atoms with van der Waals surface area (Å²) in [4.78, 5) is 1.97. The number of nitriles is 1. The van der Waals surface area contributed by atoms with Crippen molar-refractivity contribution >= 4 is 21.6 Å². The number of thioether (sulfide) groups is 1. The van der Waals surface area contributed by atoms with Crippen LogP contribution in [0.5, 0.6) is 5.75 Å². The summed E-state index contributed by atoms with van der Waals surface area (Å²) in [7, 11) is -1.58. The molecule has 5 nitrogen and oxygen atoms in total. The Kier molecular flexibility index (Phi) is 5.14. The van der Waals surface area contributed by atoms with E-state index in [4.69, 9.17) is 10.00 Å². The lowest BCUT2D eigenvalue weighted by Crippen LogP contribution is -2.46. The molecule has 2 rings (SSSR count). The van der Waals surface area contributed by atoms with Crippen molar-refractivity contribution in [3.63, 3.8) is 0 Å². The Bertz CT molecular complexity index is 653. The molecule has 1 heterocycles. The van der Waals surface area contributed by atoms with Crippen LogP contribution in [-0.4, -0.2) is 50.1 Å². The van der Waals surface area contributed by atoms with Crippen LogP contribution in [0.1, 0.15) is 11.1 Å². The summed E-state index contributed by atoms with van der Waals surface area (Å²) in [6.07, 6.45) is 1.28. The Balaban J connectivity index is 2.22. The lowest BCUT2D eigenvalue weighted by atomic mass is 10.1. The fraction of sp³-hybridized carbons (Fsp3) is 0.500. The second kappa shape index (κ2) is 6.69. The monoisotopic (exact) mass is 326 g/mol. The summed E-state index contributed by atoms with van der Waals surface area (Å²) in [5, 5.41) is 8.66. The minimum Gasteiger partial charge on any atom is -0.495 e. The molecule has 1 aliphatic heterocycles. The Labute approximate surface area is 129 Å². The van der Waals surface area contributed by atoms with E-state index in [0.29, 0.717) is 23.6 Å². The number of rotatable bonds is 4. The highest BCUT2D eigenvalue weighted by atomic mass is 32.2. The molecule has 114 valence electrons. The fourth-order valence-corrected chi connectivity index (χ4v) is 5.31. The van der Waals surface area contributed by atoms with Gasteiger partial charge in [0.05, 0.1) is 12.7 Å². The summed E-state index contributed by atoms with van der Waals surface area (Å²) in [6.45, 7) is 1.26. The summed E-state index contributed by atoms with van der Waals surface area (Å²) in [5.74, 6) is 2.06. The average Bonchev–Trinajstić information content (AvgIpc) is 2.46. The lowest BCUT2D eigenvalue weighted by Gasteiger charge is -2.34. The zero-order valence-electron chi connectivity index (χ0n) is 12.1. The molecule has 1 unspecified atom stereocenters. The summed E-state index contributed by atoms with van der Waals surface area (Å²) >= 11 is 1.66. The molecule has 0 bridgehead atoms. The molecule has 21 heavy (non-hydrogen) atoms. The van der Waals surface area contributed by atoms with Gasteiger partial charge in [-0.2, -0.15) is 17.0 Å². The zero-order chi connectivity index (χ0) is 15.5. The van der Waals surface area contributed by atoms with Crippen LogP contribution in [0.15, 0.2) is 18.2 Å². The van der Waals surface area contributed by atoms with Gasteiger partial charge in [-0.1, -0.05) is 6.07 Å². The molecular weight excluding hydrogens is 308 g/mol. The van der Waals surface area contributed by atoms with Gasteiger partial charge < -0.3 is 4.74 Å². The number of nitrogens with zero attached hydrogens (tertiary/aromatic N) is 2. The van der Waals surface area contributed by atoms with Crippen LogP contribution in [0.2, 0.25) is 0 Å². The number of methoxy groups -OCH3 is 1. The Morgan fingerprint density at radius 2 is 2.29 bits per heavy atom. The molecular formula is C14H18N2O3S2. The SMILES string of the molecule is COc1ccc(CN2CCSCC2S(C)(=O)=O)cc1C#N. The lowest BCUT2D eigenvalue weighted by molar-refractivity contribution is 0.262. The van der Waals surface area contributed by atoms with E-state index in [1.807, 2.05) is 11.0 Å². The van der Waals surface area contributed by atoms with E-state index < -0.39 is 15.2 Å². The molecule has 0 radical (unpaired) electrons. The standard InChI is InChI=1S/C14H18N2O3S2/c1-19-13-4-3-11(7-12(13)8-15)9-16-5-6-20-10-14(16)21(2,17)18/h3-4,7,14H,5-6,9-10H2,1-2H3. The first-order valence-electron chi connectivity index (χ1n) is 6.53. The summed E-state index contributed by atoms with van der Waals surface area (Å²) in [6, 6.07) is 7.49. The molecule has 0 N–H and O–H groups in total. The molecule has 7 heteroatoms. The third-order valence-electron chi connectivity index (χ3n) is 3.45. The molecule has 1 aromatic carbocycles. The topological polar surface area (TPSA) is 70.4 Å². The van der Waals surface area contributed by atoms with E-state index in [-0.39, 0.29) is 0 Å². The Hall–Kier alpha value is -1.23. The first-order valence-corrected chi connectivity index (χ1v) is 9.64. The Morgan fingerprint density at radius 3 is 2.90 bits per heavy atom. The molecule has 0 saturated carbocycles. The third-order valence-corrected chi connectivity index (χ3v) is 6.14. The van der Waals surface area contributed by atoms with Crippen molar-refractivity contribution in [1.82, 2.24) is 4.90 Å². The molecule has 0 aromatic heterocycles. The van der Waals surface area contributed by atoms with Gasteiger partial charge in [-0.05, 0) is 17.7 Å². The van der Waals surface area contributed by atoms with Crippen molar-refractivity contribution in [2.75, 3.05) is 31.4 Å². The van der Waals surface area contributed by atoms with E-state index in [2.05, 4.69) is 6.07 Å². The highest BCUT2D eigenvalue weighted by molar-refractivity contribution is 8.00. The zero-order valence-corrected chi connectivity index (χ0v) is 13.7. The Morgan fingerprint density at radius 1 is 1.52 bits per heavy atom. The van der Waals surface area contributed by atoms with Gasteiger partial charge in [0.1, 0.15) is 17.2 Å². The smallest absolute Gasteiger partial charge is 0.164 e. The van der Waals surface area contributed by atoms with Crippen LogP contribution in [-0.2, 0) is 16.4 Å². The number of hydrogen-bond donors (Lipinski definition) is 0. The van der Waals surface area contributed by atoms with E-state index in [1.165, 1.54) is 13.4 Å². The highest BCUT2D eigenvalue weighted by Gasteiger charge is 2.30. The normalized spacial score (nSPS) is 20.0. The predicted octanol–water partition coefficient (Wildman–Crippen LogP) is 1.49. The van der Waals surface area contributed by atoms with Crippen LogP contribution >= 0.6 is 11.8 Å². The van der Waals surface area contributed by atoms with Crippen molar-refractivity contribution in [3.05, 3.63) is 29.3 Å². The molecule has 0 spiro atoms. The molecule has 1 aliphatic rings. The van der Waals surface area contributed by atoms with Crippen LogP contribution in [0, 0.1) is 11.3 Å². The predicted molar refractivity (Wildman–Crippen MR) is 84.1 cm³/mol. The third kappa shape index (κ3) is 3.90. The largest absolute Gasteiger partial charge is 0.495 e. The molecule has 1 atom stereocenters. The molecule has 1 saturated heterocycles. The maximum absolute atomic E-state index is 11.9. The first kappa shape index (κ1) is 16.1. The van der Waals surface area contributed by atoms with Crippen LogP contribution in [0.25, 0.3) is 0 Å². The van der Waals surface area contributed by atoms with Crippen molar-refractivity contribution < 1.29 is 13.2 Å². The maximum Gasteiger partial charge on any atom is 0.164 e. The first-order chi connectivity index (χ1) is 9.95. The van der Waals surface area contributed by atoms with Gasteiger partial charge in [0.25, 0.3) is 0 Å². The van der Waals surface area contributed by atoms with Gasteiger partial charge in [0.15, 0.2) is 9.84 Å². The van der Waals surface area contributed by atoms with Gasteiger partial charge in [0, 0.05) is 30.9 Å². The molecule has 0 amide bonds. The van der Waals surface area contributed by atoms with E-state index in [0.717, 1.165) is 17.9 Å². The average molecular weight is 326 g/mol. The van der Waals surface area contributed by atoms with E-state index in [9.17, 15) is 8.42 Å². The highest BCUT2D eigenvalue weighted by Crippen LogP contribution is 2.24. The van der Waals surface area contributed by atoms with Crippen LogP contribution < -0.4 is 4.74 Å². The van der Waals surface area contributed by atoms with Crippen molar-refractivity contribution in [1.29, 1.82) is 5.26 Å². The fourth-order valence-electron chi connectivity index (χ4n) is 2.37. The van der Waals surface area contributed by atoms with Gasteiger partial charge in [-0.15, -0.1) is 0 Å². The van der Waals surface area contributed by atoms with Crippen LogP contribution in [0.4, 0.5) is 0 Å². The van der Waals surface area contributed by atoms with E-state index in [1.54, 1.807) is 23.9 Å². The van der Waals surface area contributed by atoms with Gasteiger partial charge >= 0.3 is 0 Å². The summed E-state index contributed by atoms with van der Waals surface area (Å²) in [5.41, 5.74) is 1.39. The maximum atomic E-state index is 11.9. The quantitative estimate of drug-likeness (QED) is 0.835. The van der Waals surface area contributed by atoms with Gasteiger partial charge in [-0.25, -0.2) is 8.42 Å². The van der Waals surface area contributed by atoms with Gasteiger partial charge in [0.2, 0.25) is 0 Å². The minimum absolute atomic E-state index is 0.455. The number of sulfone groups is 1.